The second kappa shape index (κ2) is 4.84. The van der Waals surface area contributed by atoms with E-state index in [2.05, 4.69) is 40.7 Å². The third-order valence-electron chi connectivity index (χ3n) is 8.46. The molecule has 4 aliphatic rings. The summed E-state index contributed by atoms with van der Waals surface area (Å²) in [6, 6.07) is 0. The third kappa shape index (κ3) is 1.90. The van der Waals surface area contributed by atoms with Crippen LogP contribution in [0.4, 0.5) is 0 Å². The Morgan fingerprint density at radius 2 is 1.79 bits per heavy atom. The van der Waals surface area contributed by atoms with Gasteiger partial charge in [-0.2, -0.15) is 0 Å². The molecule has 4 rings (SSSR count). The Kier molecular flexibility index (Phi) is 3.34. The molecule has 0 aliphatic heterocycles. The minimum atomic E-state index is -0.305. The van der Waals surface area contributed by atoms with Crippen LogP contribution in [0.1, 0.15) is 73.1 Å². The molecule has 0 spiro atoms. The number of ketones is 1. The zero-order chi connectivity index (χ0) is 17.5. The fraction of sp³-hybridized carbons (Fsp3) is 0.773. The molecule has 2 nitrogen and oxygen atoms in total. The van der Waals surface area contributed by atoms with Crippen LogP contribution in [0, 0.1) is 28.1 Å². The van der Waals surface area contributed by atoms with E-state index in [-0.39, 0.29) is 22.3 Å². The summed E-state index contributed by atoms with van der Waals surface area (Å²) in [5.41, 5.74) is 4.67. The summed E-state index contributed by atoms with van der Waals surface area (Å²) in [6.45, 7) is 11.5. The smallest absolute Gasteiger partial charge is 0.138 e. The maximum absolute atomic E-state index is 12.6. The summed E-state index contributed by atoms with van der Waals surface area (Å²) < 4.78 is 0. The SMILES string of the molecule is CC1=CC(O)CC2=C1C1(C)CCC3C(C)(C)C(=O)CCC3(C)C1C2. The molecule has 2 fully saturated rings. The van der Waals surface area contributed by atoms with E-state index in [1.165, 1.54) is 17.6 Å². The Morgan fingerprint density at radius 3 is 2.50 bits per heavy atom. The van der Waals surface area contributed by atoms with Gasteiger partial charge in [-0.1, -0.05) is 39.3 Å². The van der Waals surface area contributed by atoms with E-state index in [1.54, 1.807) is 5.57 Å². The van der Waals surface area contributed by atoms with Gasteiger partial charge in [-0.05, 0) is 72.8 Å². The van der Waals surface area contributed by atoms with Gasteiger partial charge in [0.1, 0.15) is 5.78 Å². The third-order valence-corrected chi connectivity index (χ3v) is 8.46. The normalized spacial score (nSPS) is 47.0. The van der Waals surface area contributed by atoms with Crippen LogP contribution < -0.4 is 0 Å². The number of hydrogen-bond acceptors (Lipinski definition) is 2. The highest BCUT2D eigenvalue weighted by molar-refractivity contribution is 5.85. The van der Waals surface area contributed by atoms with Gasteiger partial charge in [0.15, 0.2) is 0 Å². The summed E-state index contributed by atoms with van der Waals surface area (Å²) >= 11 is 0. The summed E-state index contributed by atoms with van der Waals surface area (Å²) in [5.74, 6) is 1.59. The molecule has 2 heteroatoms. The van der Waals surface area contributed by atoms with Gasteiger partial charge >= 0.3 is 0 Å². The summed E-state index contributed by atoms with van der Waals surface area (Å²) in [4.78, 5) is 12.6. The van der Waals surface area contributed by atoms with Crippen LogP contribution in [-0.4, -0.2) is 17.0 Å². The van der Waals surface area contributed by atoms with Crippen molar-refractivity contribution in [2.45, 2.75) is 79.2 Å². The number of carbonyl (C=O) groups excluding carboxylic acids is 1. The van der Waals surface area contributed by atoms with Gasteiger partial charge < -0.3 is 5.11 Å². The molecule has 0 bridgehead atoms. The molecule has 5 atom stereocenters. The lowest BCUT2D eigenvalue weighted by molar-refractivity contribution is -0.154. The number of aliphatic hydroxyl groups is 1. The van der Waals surface area contributed by atoms with Gasteiger partial charge in [0, 0.05) is 11.8 Å². The van der Waals surface area contributed by atoms with Crippen molar-refractivity contribution in [2.24, 2.45) is 28.1 Å². The molecule has 5 unspecified atom stereocenters. The monoisotopic (exact) mass is 328 g/mol. The first-order chi connectivity index (χ1) is 11.1. The summed E-state index contributed by atoms with van der Waals surface area (Å²) in [6.07, 6.45) is 7.85. The molecule has 0 amide bonds. The lowest BCUT2D eigenvalue weighted by Crippen LogP contribution is -2.56. The average Bonchev–Trinajstić information content (AvgIpc) is 2.77. The minimum absolute atomic E-state index is 0.179. The second-order valence-electron chi connectivity index (χ2n) is 10.0. The first-order valence-electron chi connectivity index (χ1n) is 9.73. The molecule has 0 heterocycles. The Balaban J connectivity index is 1.77. The van der Waals surface area contributed by atoms with Gasteiger partial charge in [0.2, 0.25) is 0 Å². The minimum Gasteiger partial charge on any atom is -0.389 e. The van der Waals surface area contributed by atoms with Gasteiger partial charge in [-0.3, -0.25) is 4.79 Å². The Morgan fingerprint density at radius 1 is 1.08 bits per heavy atom. The van der Waals surface area contributed by atoms with Crippen LogP contribution in [0.2, 0.25) is 0 Å². The standard InChI is InChI=1S/C22H32O2/c1-13-10-15(23)11-14-12-17-21(4)9-7-18(24)20(2,3)16(21)6-8-22(17,5)19(13)14/h10,15-17,23H,6-9,11-12H2,1-5H3. The molecule has 0 saturated heterocycles. The topological polar surface area (TPSA) is 37.3 Å². The van der Waals surface area contributed by atoms with E-state index in [9.17, 15) is 9.90 Å². The molecule has 1 N–H and O–H groups in total. The fourth-order valence-electron chi connectivity index (χ4n) is 7.46. The predicted molar refractivity (Wildman–Crippen MR) is 96.5 cm³/mol. The molecule has 24 heavy (non-hydrogen) atoms. The van der Waals surface area contributed by atoms with Crippen molar-refractivity contribution in [3.05, 3.63) is 22.8 Å². The van der Waals surface area contributed by atoms with Crippen molar-refractivity contribution in [1.82, 2.24) is 0 Å². The number of carbonyl (C=O) groups is 1. The van der Waals surface area contributed by atoms with Crippen molar-refractivity contribution in [1.29, 1.82) is 0 Å². The zero-order valence-electron chi connectivity index (χ0n) is 15.9. The van der Waals surface area contributed by atoms with Gasteiger partial charge in [-0.15, -0.1) is 0 Å². The lowest BCUT2D eigenvalue weighted by atomic mass is 9.43. The van der Waals surface area contributed by atoms with Crippen LogP contribution in [0.3, 0.4) is 0 Å². The molecule has 0 aromatic heterocycles. The van der Waals surface area contributed by atoms with Crippen LogP contribution in [0.5, 0.6) is 0 Å². The van der Waals surface area contributed by atoms with E-state index in [4.69, 9.17) is 0 Å². The van der Waals surface area contributed by atoms with Gasteiger partial charge in [0.05, 0.1) is 6.10 Å². The lowest BCUT2D eigenvalue weighted by Gasteiger charge is -2.61. The predicted octanol–water partition coefficient (Wildman–Crippen LogP) is 4.83. The molecule has 0 aromatic rings. The highest BCUT2D eigenvalue weighted by Crippen LogP contribution is 2.70. The molecular formula is C22H32O2. The highest BCUT2D eigenvalue weighted by Gasteiger charge is 2.63. The van der Waals surface area contributed by atoms with Crippen molar-refractivity contribution in [3.63, 3.8) is 0 Å². The molecule has 2 saturated carbocycles. The van der Waals surface area contributed by atoms with Crippen molar-refractivity contribution in [3.8, 4) is 0 Å². The van der Waals surface area contributed by atoms with Crippen LogP contribution in [-0.2, 0) is 4.79 Å². The second-order valence-corrected chi connectivity index (χ2v) is 10.0. The van der Waals surface area contributed by atoms with Crippen molar-refractivity contribution in [2.75, 3.05) is 0 Å². The van der Waals surface area contributed by atoms with E-state index in [1.807, 2.05) is 0 Å². The number of allylic oxidation sites excluding steroid dienone is 2. The first kappa shape index (κ1) is 16.6. The maximum atomic E-state index is 12.6. The van der Waals surface area contributed by atoms with Gasteiger partial charge in [0.25, 0.3) is 0 Å². The fourth-order valence-corrected chi connectivity index (χ4v) is 7.46. The van der Waals surface area contributed by atoms with Crippen LogP contribution in [0.25, 0.3) is 0 Å². The Bertz CT molecular complexity index is 667. The number of rotatable bonds is 0. The van der Waals surface area contributed by atoms with Crippen molar-refractivity contribution < 1.29 is 9.90 Å². The van der Waals surface area contributed by atoms with Crippen LogP contribution in [0.15, 0.2) is 22.8 Å². The number of fused-ring (bicyclic) bond motifs is 4. The van der Waals surface area contributed by atoms with E-state index < -0.39 is 0 Å². The number of hydrogen-bond donors (Lipinski definition) is 1. The Hall–Kier alpha value is -0.890. The maximum Gasteiger partial charge on any atom is 0.138 e. The molecule has 4 aliphatic carbocycles. The number of aliphatic hydroxyl groups excluding tert-OH is 1. The van der Waals surface area contributed by atoms with Gasteiger partial charge in [-0.25, -0.2) is 0 Å². The Labute approximate surface area is 146 Å². The molecular weight excluding hydrogens is 296 g/mol. The van der Waals surface area contributed by atoms with Crippen molar-refractivity contribution >= 4 is 5.78 Å². The van der Waals surface area contributed by atoms with Crippen LogP contribution >= 0.6 is 0 Å². The van der Waals surface area contributed by atoms with E-state index >= 15 is 0 Å². The highest BCUT2D eigenvalue weighted by atomic mass is 16.3. The first-order valence-corrected chi connectivity index (χ1v) is 9.73. The van der Waals surface area contributed by atoms with E-state index in [0.29, 0.717) is 17.6 Å². The number of Topliss-reactive ketones (excluding diaryl/α,β-unsaturated/α-hetero) is 1. The van der Waals surface area contributed by atoms with E-state index in [0.717, 1.165) is 32.1 Å². The molecule has 132 valence electrons. The molecule has 0 radical (unpaired) electrons. The average molecular weight is 328 g/mol. The quantitative estimate of drug-likeness (QED) is 0.692. The molecule has 0 aromatic carbocycles. The largest absolute Gasteiger partial charge is 0.389 e. The summed E-state index contributed by atoms with van der Waals surface area (Å²) in [5, 5.41) is 10.2. The zero-order valence-corrected chi connectivity index (χ0v) is 15.9. The summed E-state index contributed by atoms with van der Waals surface area (Å²) in [7, 11) is 0.